The molecule has 0 saturated carbocycles. The van der Waals surface area contributed by atoms with Gasteiger partial charge in [-0.2, -0.15) is 0 Å². The Balaban J connectivity index is 1.96. The molecule has 0 saturated heterocycles. The summed E-state index contributed by atoms with van der Waals surface area (Å²) in [5, 5.41) is 0. The number of rotatable bonds is 6. The van der Waals surface area contributed by atoms with Crippen molar-refractivity contribution >= 4 is 0 Å². The first kappa shape index (κ1) is 17.3. The van der Waals surface area contributed by atoms with Crippen LogP contribution in [0.2, 0.25) is 0 Å². The first-order valence-electron chi connectivity index (χ1n) is 8.83. The van der Waals surface area contributed by atoms with Crippen LogP contribution in [0.15, 0.2) is 66.7 Å². The molecule has 3 aromatic rings. The summed E-state index contributed by atoms with van der Waals surface area (Å²) in [6, 6.07) is 19.7. The molecule has 0 aromatic heterocycles. The number of halogens is 2. The van der Waals surface area contributed by atoms with Gasteiger partial charge in [-0.15, -0.1) is 0 Å². The maximum atomic E-state index is 14.8. The van der Waals surface area contributed by atoms with Gasteiger partial charge in [-0.3, -0.25) is 0 Å². The number of hydrogen-bond acceptors (Lipinski definition) is 0. The van der Waals surface area contributed by atoms with Crippen molar-refractivity contribution in [1.82, 2.24) is 0 Å². The third kappa shape index (κ3) is 4.14. The molecule has 0 aliphatic carbocycles. The molecule has 2 heteroatoms. The first-order valence-corrected chi connectivity index (χ1v) is 8.83. The van der Waals surface area contributed by atoms with Gasteiger partial charge in [-0.05, 0) is 53.3 Å². The van der Waals surface area contributed by atoms with Crippen LogP contribution in [0.5, 0.6) is 0 Å². The lowest BCUT2D eigenvalue weighted by Crippen LogP contribution is -1.95. The van der Waals surface area contributed by atoms with Crippen molar-refractivity contribution in [2.24, 2.45) is 0 Å². The third-order valence-electron chi connectivity index (χ3n) is 4.48. The van der Waals surface area contributed by atoms with Gasteiger partial charge in [0.1, 0.15) is 11.6 Å². The summed E-state index contributed by atoms with van der Waals surface area (Å²) >= 11 is 0. The smallest absolute Gasteiger partial charge is 0.131 e. The maximum Gasteiger partial charge on any atom is 0.131 e. The average Bonchev–Trinajstić information content (AvgIpc) is 2.63. The van der Waals surface area contributed by atoms with Crippen LogP contribution in [0.4, 0.5) is 8.78 Å². The van der Waals surface area contributed by atoms with E-state index >= 15 is 0 Å². The predicted octanol–water partition coefficient (Wildman–Crippen LogP) is 7.03. The molecule has 128 valence electrons. The molecule has 0 atom stereocenters. The van der Waals surface area contributed by atoms with Crippen LogP contribution in [0, 0.1) is 11.6 Å². The Kier molecular flexibility index (Phi) is 5.60. The molecule has 0 unspecified atom stereocenters. The van der Waals surface area contributed by atoms with Gasteiger partial charge in [-0.1, -0.05) is 68.3 Å². The van der Waals surface area contributed by atoms with Crippen LogP contribution < -0.4 is 0 Å². The van der Waals surface area contributed by atoms with Gasteiger partial charge in [0.05, 0.1) is 0 Å². The molecule has 0 radical (unpaired) electrons. The summed E-state index contributed by atoms with van der Waals surface area (Å²) < 4.78 is 28.5. The van der Waals surface area contributed by atoms with E-state index in [4.69, 9.17) is 0 Å². The highest BCUT2D eigenvalue weighted by molar-refractivity contribution is 5.73. The van der Waals surface area contributed by atoms with Crippen molar-refractivity contribution < 1.29 is 8.78 Å². The van der Waals surface area contributed by atoms with Crippen molar-refractivity contribution in [3.8, 4) is 22.3 Å². The summed E-state index contributed by atoms with van der Waals surface area (Å²) in [5.74, 6) is -0.540. The minimum absolute atomic E-state index is 0.267. The number of aryl methyl sites for hydroxylation is 1. The minimum Gasteiger partial charge on any atom is -0.207 e. The molecule has 25 heavy (non-hydrogen) atoms. The van der Waals surface area contributed by atoms with E-state index in [0.29, 0.717) is 5.56 Å². The van der Waals surface area contributed by atoms with Crippen LogP contribution in [-0.4, -0.2) is 0 Å². The van der Waals surface area contributed by atoms with Gasteiger partial charge in [0.2, 0.25) is 0 Å². The van der Waals surface area contributed by atoms with Gasteiger partial charge in [-0.25, -0.2) is 8.78 Å². The lowest BCUT2D eigenvalue weighted by molar-refractivity contribution is 0.621. The van der Waals surface area contributed by atoms with Gasteiger partial charge in [0.25, 0.3) is 0 Å². The zero-order valence-corrected chi connectivity index (χ0v) is 14.4. The Labute approximate surface area is 148 Å². The third-order valence-corrected chi connectivity index (χ3v) is 4.48. The van der Waals surface area contributed by atoms with E-state index in [0.717, 1.165) is 47.9 Å². The van der Waals surface area contributed by atoms with E-state index in [2.05, 4.69) is 6.92 Å². The van der Waals surface area contributed by atoms with E-state index in [1.165, 1.54) is 12.1 Å². The molecule has 0 N–H and O–H groups in total. The highest BCUT2D eigenvalue weighted by Crippen LogP contribution is 2.31. The molecule has 3 rings (SSSR count). The van der Waals surface area contributed by atoms with Crippen LogP contribution in [-0.2, 0) is 6.42 Å². The molecular formula is C23H22F2. The van der Waals surface area contributed by atoms with Crippen molar-refractivity contribution in [1.29, 1.82) is 0 Å². The fourth-order valence-corrected chi connectivity index (χ4v) is 3.14. The zero-order chi connectivity index (χ0) is 17.6. The van der Waals surface area contributed by atoms with Gasteiger partial charge >= 0.3 is 0 Å². The summed E-state index contributed by atoms with van der Waals surface area (Å²) in [5.41, 5.74) is 4.02. The fraction of sp³-hybridized carbons (Fsp3) is 0.217. The Bertz CT molecular complexity index is 838. The Morgan fingerprint density at radius 2 is 1.48 bits per heavy atom. The predicted molar refractivity (Wildman–Crippen MR) is 100 cm³/mol. The van der Waals surface area contributed by atoms with Gasteiger partial charge in [0, 0.05) is 5.56 Å². The maximum absolute atomic E-state index is 14.8. The molecular weight excluding hydrogens is 314 g/mol. The van der Waals surface area contributed by atoms with Crippen molar-refractivity contribution in [3.63, 3.8) is 0 Å². The van der Waals surface area contributed by atoms with Crippen LogP contribution in [0.1, 0.15) is 31.7 Å². The Morgan fingerprint density at radius 1 is 0.720 bits per heavy atom. The van der Waals surface area contributed by atoms with E-state index in [1.807, 2.05) is 36.4 Å². The molecule has 0 heterocycles. The van der Waals surface area contributed by atoms with Gasteiger partial charge in [0.15, 0.2) is 0 Å². The SMILES string of the molecule is CCCCCc1cc(F)ccc1-c1ccc(-c2ccccc2)cc1F. The molecule has 0 bridgehead atoms. The average molecular weight is 336 g/mol. The zero-order valence-electron chi connectivity index (χ0n) is 14.4. The van der Waals surface area contributed by atoms with Crippen molar-refractivity contribution in [2.75, 3.05) is 0 Å². The second-order valence-electron chi connectivity index (χ2n) is 6.32. The number of unbranched alkanes of at least 4 members (excludes halogenated alkanes) is 2. The van der Waals surface area contributed by atoms with E-state index < -0.39 is 0 Å². The van der Waals surface area contributed by atoms with Crippen molar-refractivity contribution in [2.45, 2.75) is 32.6 Å². The molecule has 0 aliphatic heterocycles. The summed E-state index contributed by atoms with van der Waals surface area (Å²) in [7, 11) is 0. The van der Waals surface area contributed by atoms with E-state index in [-0.39, 0.29) is 11.6 Å². The normalized spacial score (nSPS) is 10.8. The summed E-state index contributed by atoms with van der Waals surface area (Å²) in [4.78, 5) is 0. The fourth-order valence-electron chi connectivity index (χ4n) is 3.14. The first-order chi connectivity index (χ1) is 12.2. The Morgan fingerprint density at radius 3 is 2.20 bits per heavy atom. The van der Waals surface area contributed by atoms with Gasteiger partial charge < -0.3 is 0 Å². The lowest BCUT2D eigenvalue weighted by Gasteiger charge is -2.12. The van der Waals surface area contributed by atoms with Crippen LogP contribution >= 0.6 is 0 Å². The monoisotopic (exact) mass is 336 g/mol. The second-order valence-corrected chi connectivity index (χ2v) is 6.32. The summed E-state index contributed by atoms with van der Waals surface area (Å²) in [6.45, 7) is 2.13. The van der Waals surface area contributed by atoms with E-state index in [9.17, 15) is 8.78 Å². The number of hydrogen-bond donors (Lipinski definition) is 0. The lowest BCUT2D eigenvalue weighted by atomic mass is 9.93. The highest BCUT2D eigenvalue weighted by Gasteiger charge is 2.12. The second kappa shape index (κ2) is 8.06. The summed E-state index contributed by atoms with van der Waals surface area (Å²) in [6.07, 6.45) is 3.94. The molecule has 0 nitrogen and oxygen atoms in total. The molecule has 0 aliphatic rings. The Hall–Kier alpha value is -2.48. The van der Waals surface area contributed by atoms with Crippen LogP contribution in [0.3, 0.4) is 0 Å². The minimum atomic E-state index is -0.273. The van der Waals surface area contributed by atoms with Crippen molar-refractivity contribution in [3.05, 3.63) is 83.9 Å². The quantitative estimate of drug-likeness (QED) is 0.424. The topological polar surface area (TPSA) is 0 Å². The highest BCUT2D eigenvalue weighted by atomic mass is 19.1. The standard InChI is InChI=1S/C23H22F2/c1-2-3-5-10-19-15-20(24)12-14-21(19)22-13-11-18(16-23(22)25)17-8-6-4-7-9-17/h4,6-9,11-16H,2-3,5,10H2,1H3. The molecule has 0 spiro atoms. The largest absolute Gasteiger partial charge is 0.207 e. The molecule has 0 fully saturated rings. The molecule has 0 amide bonds. The molecule has 3 aromatic carbocycles. The van der Waals surface area contributed by atoms with E-state index in [1.54, 1.807) is 18.2 Å². The number of benzene rings is 3. The van der Waals surface area contributed by atoms with Crippen LogP contribution in [0.25, 0.3) is 22.3 Å².